The zero-order chi connectivity index (χ0) is 19.6. The van der Waals surface area contributed by atoms with Crippen molar-refractivity contribution in [1.82, 2.24) is 0 Å². The SMILES string of the molecule is CC[n+]1c(/C=C/C=C/N2CCCc3ccccc32)sc2ccc3ccccc3c21. The highest BCUT2D eigenvalue weighted by Gasteiger charge is 2.19. The molecule has 0 saturated carbocycles. The van der Waals surface area contributed by atoms with Gasteiger partial charge in [0.2, 0.25) is 5.52 Å². The van der Waals surface area contributed by atoms with E-state index < -0.39 is 0 Å². The van der Waals surface area contributed by atoms with Crippen LogP contribution in [-0.4, -0.2) is 6.54 Å². The van der Waals surface area contributed by atoms with Gasteiger partial charge in [0, 0.05) is 24.5 Å². The van der Waals surface area contributed by atoms with Gasteiger partial charge in [-0.15, -0.1) is 0 Å². The maximum absolute atomic E-state index is 2.43. The molecule has 4 aromatic rings. The molecule has 0 unspecified atom stereocenters. The summed E-state index contributed by atoms with van der Waals surface area (Å²) in [6.07, 6.45) is 11.2. The molecule has 0 saturated heterocycles. The van der Waals surface area contributed by atoms with Crippen LogP contribution in [0.5, 0.6) is 0 Å². The zero-order valence-electron chi connectivity index (χ0n) is 16.7. The first-order valence-corrected chi connectivity index (χ1v) is 11.2. The molecule has 0 radical (unpaired) electrons. The van der Waals surface area contributed by atoms with Gasteiger partial charge in [-0.3, -0.25) is 0 Å². The highest BCUT2D eigenvalue weighted by Crippen LogP contribution is 2.29. The van der Waals surface area contributed by atoms with Crippen LogP contribution in [0.1, 0.15) is 23.9 Å². The van der Waals surface area contributed by atoms with E-state index in [0.29, 0.717) is 0 Å². The molecular weight excluding hydrogens is 372 g/mol. The number of hydrogen-bond donors (Lipinski definition) is 0. The van der Waals surface area contributed by atoms with Crippen molar-refractivity contribution in [2.24, 2.45) is 0 Å². The lowest BCUT2D eigenvalue weighted by Crippen LogP contribution is -2.33. The molecule has 1 aliphatic rings. The number of thiazole rings is 1. The second-order valence-corrected chi connectivity index (χ2v) is 8.51. The number of para-hydroxylation sites is 1. The van der Waals surface area contributed by atoms with Crippen molar-refractivity contribution in [1.29, 1.82) is 0 Å². The van der Waals surface area contributed by atoms with Crippen LogP contribution in [0.15, 0.2) is 79.0 Å². The Kier molecular flexibility index (Phi) is 4.91. The minimum Gasteiger partial charge on any atom is -0.348 e. The van der Waals surface area contributed by atoms with Crippen molar-refractivity contribution in [3.05, 3.63) is 89.6 Å². The fourth-order valence-electron chi connectivity index (χ4n) is 4.32. The Morgan fingerprint density at radius 3 is 2.79 bits per heavy atom. The van der Waals surface area contributed by atoms with E-state index in [9.17, 15) is 0 Å². The second-order valence-electron chi connectivity index (χ2n) is 7.44. The summed E-state index contributed by atoms with van der Waals surface area (Å²) in [6.45, 7) is 4.29. The van der Waals surface area contributed by atoms with Crippen molar-refractivity contribution in [3.8, 4) is 0 Å². The van der Waals surface area contributed by atoms with Crippen LogP contribution >= 0.6 is 11.3 Å². The van der Waals surface area contributed by atoms with Crippen LogP contribution in [0.3, 0.4) is 0 Å². The molecule has 0 N–H and O–H groups in total. The molecule has 5 rings (SSSR count). The number of aryl methyl sites for hydroxylation is 2. The molecule has 1 aliphatic heterocycles. The van der Waals surface area contributed by atoms with Gasteiger partial charge in [0.05, 0.1) is 5.39 Å². The summed E-state index contributed by atoms with van der Waals surface area (Å²) < 4.78 is 3.78. The summed E-state index contributed by atoms with van der Waals surface area (Å²) in [7, 11) is 0. The van der Waals surface area contributed by atoms with E-state index in [-0.39, 0.29) is 0 Å². The van der Waals surface area contributed by atoms with Crippen LogP contribution in [0.25, 0.3) is 27.1 Å². The number of hydrogen-bond acceptors (Lipinski definition) is 2. The second kappa shape index (κ2) is 7.84. The van der Waals surface area contributed by atoms with Crippen LogP contribution in [0.4, 0.5) is 5.69 Å². The van der Waals surface area contributed by atoms with Crippen molar-refractivity contribution in [2.75, 3.05) is 11.4 Å². The van der Waals surface area contributed by atoms with Gasteiger partial charge in [-0.1, -0.05) is 59.9 Å². The number of nitrogens with zero attached hydrogens (tertiary/aromatic N) is 2. The molecular formula is C26H25N2S+. The highest BCUT2D eigenvalue weighted by atomic mass is 32.1. The molecule has 2 heterocycles. The summed E-state index contributed by atoms with van der Waals surface area (Å²) in [5.74, 6) is 0. The fraction of sp³-hybridized carbons (Fsp3) is 0.192. The molecule has 3 heteroatoms. The van der Waals surface area contributed by atoms with Crippen LogP contribution in [-0.2, 0) is 13.0 Å². The van der Waals surface area contributed by atoms with Gasteiger partial charge in [0.15, 0.2) is 0 Å². The Morgan fingerprint density at radius 1 is 1.00 bits per heavy atom. The number of rotatable bonds is 4. The number of fused-ring (bicyclic) bond motifs is 4. The normalized spacial score (nSPS) is 14.4. The Balaban J connectivity index is 1.46. The van der Waals surface area contributed by atoms with Gasteiger partial charge < -0.3 is 4.90 Å². The third-order valence-corrected chi connectivity index (χ3v) is 6.81. The minimum atomic E-state index is 0.969. The van der Waals surface area contributed by atoms with Crippen molar-refractivity contribution in [2.45, 2.75) is 26.3 Å². The lowest BCUT2D eigenvalue weighted by molar-refractivity contribution is -0.664. The van der Waals surface area contributed by atoms with Crippen LogP contribution in [0, 0.1) is 0 Å². The van der Waals surface area contributed by atoms with E-state index in [2.05, 4.69) is 101 Å². The fourth-order valence-corrected chi connectivity index (χ4v) is 5.48. The quantitative estimate of drug-likeness (QED) is 0.288. The largest absolute Gasteiger partial charge is 0.348 e. The first-order chi connectivity index (χ1) is 14.3. The molecule has 0 atom stereocenters. The number of benzene rings is 3. The summed E-state index contributed by atoms with van der Waals surface area (Å²) in [5, 5.41) is 3.94. The van der Waals surface area contributed by atoms with Crippen molar-refractivity contribution in [3.63, 3.8) is 0 Å². The molecule has 0 amide bonds. The average Bonchev–Trinajstić information content (AvgIpc) is 3.14. The zero-order valence-corrected chi connectivity index (χ0v) is 17.5. The lowest BCUT2D eigenvalue weighted by atomic mass is 10.0. The Morgan fingerprint density at radius 2 is 1.86 bits per heavy atom. The predicted octanol–water partition coefficient (Wildman–Crippen LogP) is 6.34. The topological polar surface area (TPSA) is 7.12 Å². The maximum atomic E-state index is 2.43. The predicted molar refractivity (Wildman–Crippen MR) is 125 cm³/mol. The van der Waals surface area contributed by atoms with Gasteiger partial charge in [-0.25, -0.2) is 0 Å². The smallest absolute Gasteiger partial charge is 0.262 e. The van der Waals surface area contributed by atoms with Gasteiger partial charge in [0.25, 0.3) is 5.01 Å². The first kappa shape index (κ1) is 18.1. The number of anilines is 1. The Labute approximate surface area is 176 Å². The molecule has 1 aromatic heterocycles. The van der Waals surface area contributed by atoms with E-state index in [1.807, 2.05) is 11.3 Å². The van der Waals surface area contributed by atoms with Crippen LogP contribution < -0.4 is 9.47 Å². The maximum Gasteiger partial charge on any atom is 0.262 e. The lowest BCUT2D eigenvalue weighted by Gasteiger charge is -2.27. The highest BCUT2D eigenvalue weighted by molar-refractivity contribution is 7.19. The minimum absolute atomic E-state index is 0.969. The van der Waals surface area contributed by atoms with Gasteiger partial charge in [0.1, 0.15) is 11.2 Å². The standard InChI is InChI=1S/C26H25N2S/c1-2-28-25(29-24-17-16-20-10-3-5-13-22(20)26(24)28)15-7-8-18-27-19-9-12-21-11-4-6-14-23(21)27/h3-8,10-11,13-18H,2,9,12,19H2,1H3/q+1. The van der Waals surface area contributed by atoms with E-state index in [0.717, 1.165) is 13.1 Å². The van der Waals surface area contributed by atoms with Gasteiger partial charge in [-0.2, -0.15) is 4.57 Å². The summed E-state index contributed by atoms with van der Waals surface area (Å²) in [4.78, 5) is 2.37. The third kappa shape index (κ3) is 3.36. The van der Waals surface area contributed by atoms with E-state index >= 15 is 0 Å². The Hall–Kier alpha value is -2.91. The monoisotopic (exact) mass is 397 g/mol. The van der Waals surface area contributed by atoms with Crippen LogP contribution in [0.2, 0.25) is 0 Å². The first-order valence-electron chi connectivity index (χ1n) is 10.4. The summed E-state index contributed by atoms with van der Waals surface area (Å²) >= 11 is 1.87. The van der Waals surface area contributed by atoms with Gasteiger partial charge >= 0.3 is 0 Å². The number of aromatic nitrogens is 1. The number of allylic oxidation sites excluding steroid dienone is 2. The van der Waals surface area contributed by atoms with Crippen molar-refractivity contribution >= 4 is 44.1 Å². The molecule has 0 bridgehead atoms. The molecule has 3 aromatic carbocycles. The molecule has 0 aliphatic carbocycles. The summed E-state index contributed by atoms with van der Waals surface area (Å²) in [5.41, 5.74) is 4.15. The molecule has 0 fully saturated rings. The van der Waals surface area contributed by atoms with Crippen molar-refractivity contribution < 1.29 is 4.57 Å². The molecule has 29 heavy (non-hydrogen) atoms. The average molecular weight is 398 g/mol. The van der Waals surface area contributed by atoms with E-state index in [1.54, 1.807) is 0 Å². The molecule has 144 valence electrons. The Bertz CT molecular complexity index is 1230. The summed E-state index contributed by atoms with van der Waals surface area (Å²) in [6, 6.07) is 21.9. The molecule has 2 nitrogen and oxygen atoms in total. The molecule has 0 spiro atoms. The van der Waals surface area contributed by atoms with E-state index in [4.69, 9.17) is 0 Å². The van der Waals surface area contributed by atoms with Gasteiger partial charge in [-0.05, 0) is 55.0 Å². The van der Waals surface area contributed by atoms with E-state index in [1.165, 1.54) is 50.1 Å². The third-order valence-electron chi connectivity index (χ3n) is 5.69.